The molecule has 5 rings (SSSR count). The lowest BCUT2D eigenvalue weighted by molar-refractivity contribution is -0.134. The minimum atomic E-state index is 0.222. The lowest BCUT2D eigenvalue weighted by Gasteiger charge is -2.34. The largest absolute Gasteiger partial charge is 0.358 e. The highest BCUT2D eigenvalue weighted by molar-refractivity contribution is 5.86. The van der Waals surface area contributed by atoms with Gasteiger partial charge in [-0.15, -0.1) is 0 Å². The number of nitrogens with zero attached hydrogens (tertiary/aromatic N) is 2. The second-order valence-corrected chi connectivity index (χ2v) is 9.67. The molecule has 0 radical (unpaired) electrons. The SMILES string of the molecule is O=C(CC1CCCC1)NC1CCN(CC(=O)N2CCc3[nH]c4ccccc4c3C2)CC1. The van der Waals surface area contributed by atoms with Gasteiger partial charge in [-0.05, 0) is 37.7 Å². The number of amides is 2. The Bertz CT molecular complexity index is 938. The molecule has 0 unspecified atom stereocenters. The summed E-state index contributed by atoms with van der Waals surface area (Å²) >= 11 is 0. The van der Waals surface area contributed by atoms with Crippen LogP contribution in [0, 0.1) is 5.92 Å². The third-order valence-corrected chi connectivity index (χ3v) is 7.50. The first-order valence-electron chi connectivity index (χ1n) is 12.0. The number of carbonyl (C=O) groups excluding carboxylic acids is 2. The van der Waals surface area contributed by atoms with E-state index in [1.165, 1.54) is 47.8 Å². The Morgan fingerprint density at radius 3 is 2.61 bits per heavy atom. The molecular weight excluding hydrogens is 388 g/mol. The van der Waals surface area contributed by atoms with Crippen molar-refractivity contribution in [3.63, 3.8) is 0 Å². The molecule has 0 atom stereocenters. The molecule has 1 aromatic carbocycles. The van der Waals surface area contributed by atoms with Gasteiger partial charge in [-0.2, -0.15) is 0 Å². The molecule has 2 amide bonds. The van der Waals surface area contributed by atoms with Gasteiger partial charge in [0.15, 0.2) is 0 Å². The smallest absolute Gasteiger partial charge is 0.237 e. The van der Waals surface area contributed by atoms with Crippen molar-refractivity contribution in [2.75, 3.05) is 26.2 Å². The van der Waals surface area contributed by atoms with Crippen molar-refractivity contribution in [2.45, 2.75) is 64.0 Å². The Hall–Kier alpha value is -2.34. The summed E-state index contributed by atoms with van der Waals surface area (Å²) in [5.74, 6) is 1.05. The minimum absolute atomic E-state index is 0.222. The summed E-state index contributed by atoms with van der Waals surface area (Å²) in [4.78, 5) is 33.1. The highest BCUT2D eigenvalue weighted by atomic mass is 16.2. The third-order valence-electron chi connectivity index (χ3n) is 7.50. The number of aromatic nitrogens is 1. The molecule has 2 N–H and O–H groups in total. The molecular formula is C25H34N4O2. The van der Waals surface area contributed by atoms with Crippen LogP contribution in [0.3, 0.4) is 0 Å². The number of hydrogen-bond donors (Lipinski definition) is 2. The first kappa shape index (κ1) is 20.6. The van der Waals surface area contributed by atoms with Crippen molar-refractivity contribution >= 4 is 22.7 Å². The number of piperidine rings is 1. The summed E-state index contributed by atoms with van der Waals surface area (Å²) < 4.78 is 0. The van der Waals surface area contributed by atoms with E-state index < -0.39 is 0 Å². The quantitative estimate of drug-likeness (QED) is 0.777. The average Bonchev–Trinajstić information content (AvgIpc) is 3.42. The molecule has 166 valence electrons. The highest BCUT2D eigenvalue weighted by Crippen LogP contribution is 2.28. The van der Waals surface area contributed by atoms with Crippen molar-refractivity contribution in [1.82, 2.24) is 20.1 Å². The van der Waals surface area contributed by atoms with E-state index in [9.17, 15) is 9.59 Å². The van der Waals surface area contributed by atoms with E-state index in [0.29, 0.717) is 25.4 Å². The van der Waals surface area contributed by atoms with Crippen molar-refractivity contribution in [1.29, 1.82) is 0 Å². The van der Waals surface area contributed by atoms with Crippen LogP contribution < -0.4 is 5.32 Å². The lowest BCUT2D eigenvalue weighted by atomic mass is 10.0. The number of aromatic amines is 1. The summed E-state index contributed by atoms with van der Waals surface area (Å²) in [5, 5.41) is 4.48. The van der Waals surface area contributed by atoms with Crippen molar-refractivity contribution in [3.8, 4) is 0 Å². The maximum Gasteiger partial charge on any atom is 0.237 e. The van der Waals surface area contributed by atoms with Gasteiger partial charge in [0.25, 0.3) is 0 Å². The van der Waals surface area contributed by atoms with Gasteiger partial charge in [-0.1, -0.05) is 31.0 Å². The predicted octanol–water partition coefficient (Wildman–Crippen LogP) is 3.21. The molecule has 0 spiro atoms. The number of likely N-dealkylation sites (tertiary alicyclic amines) is 1. The van der Waals surface area contributed by atoms with Crippen LogP contribution in [0.1, 0.15) is 56.2 Å². The van der Waals surface area contributed by atoms with Gasteiger partial charge < -0.3 is 15.2 Å². The number of rotatable bonds is 5. The van der Waals surface area contributed by atoms with Crippen molar-refractivity contribution < 1.29 is 9.59 Å². The third kappa shape index (κ3) is 4.64. The van der Waals surface area contributed by atoms with Gasteiger partial charge in [0.05, 0.1) is 6.54 Å². The topological polar surface area (TPSA) is 68.4 Å². The maximum absolute atomic E-state index is 13.0. The molecule has 1 aromatic heterocycles. The molecule has 3 aliphatic rings. The number of para-hydroxylation sites is 1. The molecule has 1 aliphatic carbocycles. The minimum Gasteiger partial charge on any atom is -0.358 e. The summed E-state index contributed by atoms with van der Waals surface area (Å²) in [5.41, 5.74) is 3.72. The normalized spacial score (nSPS) is 20.8. The van der Waals surface area contributed by atoms with Crippen molar-refractivity contribution in [2.24, 2.45) is 5.92 Å². The fourth-order valence-corrected chi connectivity index (χ4v) is 5.67. The number of fused-ring (bicyclic) bond motifs is 3. The van der Waals surface area contributed by atoms with Crippen molar-refractivity contribution in [3.05, 3.63) is 35.5 Å². The van der Waals surface area contributed by atoms with Gasteiger partial charge in [-0.3, -0.25) is 14.5 Å². The number of benzene rings is 1. The average molecular weight is 423 g/mol. The monoisotopic (exact) mass is 422 g/mol. The van der Waals surface area contributed by atoms with Crippen LogP contribution in [-0.4, -0.2) is 58.8 Å². The van der Waals surface area contributed by atoms with E-state index in [0.717, 1.165) is 38.9 Å². The molecule has 1 saturated heterocycles. The summed E-state index contributed by atoms with van der Waals surface area (Å²) in [7, 11) is 0. The van der Waals surface area contributed by atoms with Crippen LogP contribution in [0.15, 0.2) is 24.3 Å². The number of hydrogen-bond acceptors (Lipinski definition) is 3. The van der Waals surface area contributed by atoms with Crippen LogP contribution in [0.4, 0.5) is 0 Å². The molecule has 6 heteroatoms. The lowest BCUT2D eigenvalue weighted by Crippen LogP contribution is -2.48. The van der Waals surface area contributed by atoms with Crippen LogP contribution in [0.5, 0.6) is 0 Å². The van der Waals surface area contributed by atoms with Gasteiger partial charge in [-0.25, -0.2) is 0 Å². The summed E-state index contributed by atoms with van der Waals surface area (Å²) in [6, 6.07) is 8.63. The first-order chi connectivity index (χ1) is 15.2. The highest BCUT2D eigenvalue weighted by Gasteiger charge is 2.28. The van der Waals surface area contributed by atoms with Crippen LogP contribution in [-0.2, 0) is 22.6 Å². The number of carbonyl (C=O) groups is 2. The predicted molar refractivity (Wildman–Crippen MR) is 122 cm³/mol. The Morgan fingerprint density at radius 1 is 1.03 bits per heavy atom. The second kappa shape index (κ2) is 9.03. The molecule has 2 aliphatic heterocycles. The molecule has 31 heavy (non-hydrogen) atoms. The summed E-state index contributed by atoms with van der Waals surface area (Å²) in [6.07, 6.45) is 8.46. The Labute approximate surface area is 184 Å². The summed E-state index contributed by atoms with van der Waals surface area (Å²) in [6.45, 7) is 3.73. The number of nitrogens with one attached hydrogen (secondary N) is 2. The van der Waals surface area contributed by atoms with Gasteiger partial charge >= 0.3 is 0 Å². The second-order valence-electron chi connectivity index (χ2n) is 9.67. The fourth-order valence-electron chi connectivity index (χ4n) is 5.67. The molecule has 1 saturated carbocycles. The van der Waals surface area contributed by atoms with E-state index in [-0.39, 0.29) is 17.9 Å². The maximum atomic E-state index is 13.0. The molecule has 6 nitrogen and oxygen atoms in total. The zero-order valence-electron chi connectivity index (χ0n) is 18.4. The van der Waals surface area contributed by atoms with E-state index in [1.807, 2.05) is 11.0 Å². The standard InChI is InChI=1S/C25H34N4O2/c30-24(15-18-5-1-2-6-18)26-19-9-12-28(13-10-19)17-25(31)29-14-11-23-21(16-29)20-7-3-4-8-22(20)27-23/h3-4,7-8,18-19,27H,1-2,5-6,9-17H2,(H,26,30). The Morgan fingerprint density at radius 2 is 1.81 bits per heavy atom. The number of H-pyrrole nitrogens is 1. The Balaban J connectivity index is 1.09. The van der Waals surface area contributed by atoms with Crippen LogP contribution in [0.25, 0.3) is 10.9 Å². The molecule has 2 aromatic rings. The zero-order chi connectivity index (χ0) is 21.2. The van der Waals surface area contributed by atoms with Gasteiger partial charge in [0.1, 0.15) is 0 Å². The first-order valence-corrected chi connectivity index (χ1v) is 12.0. The molecule has 2 fully saturated rings. The fraction of sp³-hybridized carbons (Fsp3) is 0.600. The zero-order valence-corrected chi connectivity index (χ0v) is 18.4. The van der Waals surface area contributed by atoms with E-state index >= 15 is 0 Å². The van der Waals surface area contributed by atoms with E-state index in [2.05, 4.69) is 33.4 Å². The van der Waals surface area contributed by atoms with E-state index in [1.54, 1.807) is 0 Å². The molecule has 3 heterocycles. The van der Waals surface area contributed by atoms with Crippen LogP contribution in [0.2, 0.25) is 0 Å². The Kier molecular flexibility index (Phi) is 5.99. The van der Waals surface area contributed by atoms with Crippen LogP contribution >= 0.6 is 0 Å². The molecule has 0 bridgehead atoms. The van der Waals surface area contributed by atoms with Gasteiger partial charge in [0, 0.05) is 67.2 Å². The van der Waals surface area contributed by atoms with Gasteiger partial charge in [0.2, 0.25) is 11.8 Å². The van der Waals surface area contributed by atoms with E-state index in [4.69, 9.17) is 0 Å².